The number of thiazole rings is 1. The summed E-state index contributed by atoms with van der Waals surface area (Å²) in [6.07, 6.45) is 3.66. The van der Waals surface area contributed by atoms with Crippen LogP contribution >= 0.6 is 11.3 Å². The first kappa shape index (κ1) is 16.4. The van der Waals surface area contributed by atoms with Crippen LogP contribution in [0, 0.1) is 0 Å². The minimum atomic E-state index is 0.559. The van der Waals surface area contributed by atoms with Gasteiger partial charge in [0.1, 0.15) is 0 Å². The molecule has 5 nitrogen and oxygen atoms in total. The Kier molecular flexibility index (Phi) is 4.48. The van der Waals surface area contributed by atoms with Gasteiger partial charge in [-0.3, -0.25) is 9.58 Å². The van der Waals surface area contributed by atoms with Crippen molar-refractivity contribution in [2.75, 3.05) is 19.6 Å². The number of para-hydroxylation sites is 1. The Balaban J connectivity index is 1.30. The summed E-state index contributed by atoms with van der Waals surface area (Å²) < 4.78 is 3.51. The topological polar surface area (TPSA) is 46.0 Å². The van der Waals surface area contributed by atoms with E-state index in [1.807, 2.05) is 11.3 Å². The van der Waals surface area contributed by atoms with E-state index in [4.69, 9.17) is 10.1 Å². The standard InChI is InChI=1S/C20H25N5S/c1-2-7-19-18(6-1)22-20(26-19)15-5-3-9-24(13-15)14-16-11-17-12-21-8-4-10-25(17)23-16/h1-2,6-7,11,15,21H,3-5,8-10,12-14H2. The summed E-state index contributed by atoms with van der Waals surface area (Å²) in [4.78, 5) is 7.47. The number of benzene rings is 1. The first-order valence-electron chi connectivity index (χ1n) is 9.69. The number of nitrogens with zero attached hydrogens (tertiary/aromatic N) is 4. The summed E-state index contributed by atoms with van der Waals surface area (Å²) in [5, 5.41) is 9.65. The van der Waals surface area contributed by atoms with Gasteiger partial charge in [0.15, 0.2) is 0 Å². The highest BCUT2D eigenvalue weighted by molar-refractivity contribution is 7.18. The lowest BCUT2D eigenvalue weighted by Gasteiger charge is -2.31. The van der Waals surface area contributed by atoms with Gasteiger partial charge in [0.2, 0.25) is 0 Å². The van der Waals surface area contributed by atoms with Gasteiger partial charge in [-0.2, -0.15) is 5.10 Å². The van der Waals surface area contributed by atoms with Crippen molar-refractivity contribution < 1.29 is 0 Å². The van der Waals surface area contributed by atoms with Crippen molar-refractivity contribution in [3.05, 3.63) is 46.7 Å². The van der Waals surface area contributed by atoms with Gasteiger partial charge < -0.3 is 5.32 Å². The van der Waals surface area contributed by atoms with Crippen LogP contribution in [-0.2, 0) is 19.6 Å². The zero-order valence-electron chi connectivity index (χ0n) is 15.0. The van der Waals surface area contributed by atoms with Crippen molar-refractivity contribution in [3.8, 4) is 0 Å². The fourth-order valence-corrected chi connectivity index (χ4v) is 5.29. The van der Waals surface area contributed by atoms with Crippen LogP contribution in [0.1, 0.15) is 41.6 Å². The summed E-state index contributed by atoms with van der Waals surface area (Å²) in [6, 6.07) is 10.8. The highest BCUT2D eigenvalue weighted by Gasteiger charge is 2.25. The first-order chi connectivity index (χ1) is 12.8. The maximum absolute atomic E-state index is 4.91. The predicted octanol–water partition coefficient (Wildman–Crippen LogP) is 3.37. The third-order valence-electron chi connectivity index (χ3n) is 5.49. The first-order valence-corrected chi connectivity index (χ1v) is 10.5. The van der Waals surface area contributed by atoms with Crippen LogP contribution in [0.25, 0.3) is 10.2 Å². The van der Waals surface area contributed by atoms with Gasteiger partial charge in [0, 0.05) is 32.1 Å². The fourth-order valence-electron chi connectivity index (χ4n) is 4.19. The molecule has 1 N–H and O–H groups in total. The van der Waals surface area contributed by atoms with E-state index in [0.29, 0.717) is 5.92 Å². The average Bonchev–Trinajstić information content (AvgIpc) is 3.20. The minimum absolute atomic E-state index is 0.559. The molecule has 2 aromatic heterocycles. The highest BCUT2D eigenvalue weighted by Crippen LogP contribution is 2.33. The van der Waals surface area contributed by atoms with Crippen LogP contribution < -0.4 is 5.32 Å². The van der Waals surface area contributed by atoms with Crippen LogP contribution in [-0.4, -0.2) is 39.3 Å². The van der Waals surface area contributed by atoms with Crippen molar-refractivity contribution in [3.63, 3.8) is 0 Å². The molecule has 6 heteroatoms. The number of rotatable bonds is 3. The molecular weight excluding hydrogens is 342 g/mol. The molecule has 3 aromatic rings. The molecule has 0 amide bonds. The molecule has 2 aliphatic heterocycles. The van der Waals surface area contributed by atoms with Gasteiger partial charge in [0.05, 0.1) is 26.6 Å². The van der Waals surface area contributed by atoms with E-state index >= 15 is 0 Å². The Morgan fingerprint density at radius 3 is 3.12 bits per heavy atom. The summed E-state index contributed by atoms with van der Waals surface area (Å²) >= 11 is 1.87. The van der Waals surface area contributed by atoms with E-state index in [1.54, 1.807) is 0 Å². The van der Waals surface area contributed by atoms with Gasteiger partial charge in [-0.25, -0.2) is 4.98 Å². The van der Waals surface area contributed by atoms with Crippen molar-refractivity contribution >= 4 is 21.6 Å². The number of hydrogen-bond donors (Lipinski definition) is 1. The van der Waals surface area contributed by atoms with E-state index in [2.05, 4.69) is 45.2 Å². The maximum Gasteiger partial charge on any atom is 0.0982 e. The van der Waals surface area contributed by atoms with Crippen LogP contribution in [0.5, 0.6) is 0 Å². The summed E-state index contributed by atoms with van der Waals surface area (Å²) in [5.74, 6) is 0.559. The summed E-state index contributed by atoms with van der Waals surface area (Å²) in [7, 11) is 0. The molecule has 136 valence electrons. The zero-order valence-corrected chi connectivity index (χ0v) is 15.8. The monoisotopic (exact) mass is 367 g/mol. The molecule has 1 saturated heterocycles. The predicted molar refractivity (Wildman–Crippen MR) is 105 cm³/mol. The maximum atomic E-state index is 4.91. The molecule has 1 unspecified atom stereocenters. The van der Waals surface area contributed by atoms with Crippen LogP contribution in [0.15, 0.2) is 30.3 Å². The third-order valence-corrected chi connectivity index (χ3v) is 6.69. The number of piperidine rings is 1. The fraction of sp³-hybridized carbons (Fsp3) is 0.500. The Labute approximate surface area is 158 Å². The second-order valence-electron chi connectivity index (χ2n) is 7.47. The van der Waals surface area contributed by atoms with E-state index in [9.17, 15) is 0 Å². The average molecular weight is 368 g/mol. The second-order valence-corrected chi connectivity index (χ2v) is 8.54. The number of nitrogens with one attached hydrogen (secondary N) is 1. The Morgan fingerprint density at radius 2 is 2.15 bits per heavy atom. The number of aromatic nitrogens is 3. The molecule has 0 bridgehead atoms. The molecule has 0 aliphatic carbocycles. The van der Waals surface area contributed by atoms with Gasteiger partial charge in [-0.05, 0) is 50.6 Å². The quantitative estimate of drug-likeness (QED) is 0.771. The molecule has 1 aromatic carbocycles. The number of aryl methyl sites for hydroxylation is 1. The molecule has 2 aliphatic rings. The largest absolute Gasteiger partial charge is 0.311 e. The Bertz CT molecular complexity index is 842. The van der Waals surface area contributed by atoms with Crippen LogP contribution in [0.3, 0.4) is 0 Å². The lowest BCUT2D eigenvalue weighted by atomic mass is 9.98. The zero-order chi connectivity index (χ0) is 17.3. The highest BCUT2D eigenvalue weighted by atomic mass is 32.1. The van der Waals surface area contributed by atoms with Gasteiger partial charge >= 0.3 is 0 Å². The van der Waals surface area contributed by atoms with Gasteiger partial charge in [-0.1, -0.05) is 12.1 Å². The molecular formula is C20H25N5S. The van der Waals surface area contributed by atoms with Gasteiger partial charge in [0.25, 0.3) is 0 Å². The minimum Gasteiger partial charge on any atom is -0.311 e. The van der Waals surface area contributed by atoms with Crippen molar-refractivity contribution in [1.29, 1.82) is 0 Å². The SMILES string of the molecule is c1ccc2sc(C3CCCN(Cc4cc5n(n4)CCCNC5)C3)nc2c1. The number of fused-ring (bicyclic) bond motifs is 2. The Hall–Kier alpha value is -1.76. The molecule has 1 atom stereocenters. The normalized spacial score (nSPS) is 21.6. The van der Waals surface area contributed by atoms with E-state index < -0.39 is 0 Å². The number of hydrogen-bond acceptors (Lipinski definition) is 5. The van der Waals surface area contributed by atoms with Crippen LogP contribution in [0.2, 0.25) is 0 Å². The number of likely N-dealkylation sites (tertiary alicyclic amines) is 1. The molecule has 4 heterocycles. The van der Waals surface area contributed by atoms with Crippen LogP contribution in [0.4, 0.5) is 0 Å². The summed E-state index contributed by atoms with van der Waals surface area (Å²) in [6.45, 7) is 6.30. The molecule has 0 saturated carbocycles. The van der Waals surface area contributed by atoms with E-state index in [1.165, 1.54) is 40.5 Å². The van der Waals surface area contributed by atoms with E-state index in [0.717, 1.165) is 44.7 Å². The lowest BCUT2D eigenvalue weighted by molar-refractivity contribution is 0.197. The molecule has 26 heavy (non-hydrogen) atoms. The smallest absolute Gasteiger partial charge is 0.0982 e. The second kappa shape index (κ2) is 7.10. The summed E-state index contributed by atoms with van der Waals surface area (Å²) in [5.41, 5.74) is 3.70. The van der Waals surface area contributed by atoms with E-state index in [-0.39, 0.29) is 0 Å². The molecule has 1 fully saturated rings. The molecule has 5 rings (SSSR count). The van der Waals surface area contributed by atoms with Crippen molar-refractivity contribution in [2.45, 2.75) is 44.8 Å². The van der Waals surface area contributed by atoms with Crippen molar-refractivity contribution in [1.82, 2.24) is 25.0 Å². The van der Waals surface area contributed by atoms with Crippen molar-refractivity contribution in [2.24, 2.45) is 0 Å². The molecule has 0 radical (unpaired) electrons. The molecule has 0 spiro atoms. The lowest BCUT2D eigenvalue weighted by Crippen LogP contribution is -2.34. The Morgan fingerprint density at radius 1 is 1.19 bits per heavy atom. The van der Waals surface area contributed by atoms with Gasteiger partial charge in [-0.15, -0.1) is 11.3 Å². The third kappa shape index (κ3) is 3.29.